The molecule has 0 saturated heterocycles. The van der Waals surface area contributed by atoms with Gasteiger partial charge in [-0.15, -0.1) is 0 Å². The van der Waals surface area contributed by atoms with Gasteiger partial charge in [-0.25, -0.2) is 9.97 Å². The highest BCUT2D eigenvalue weighted by Crippen LogP contribution is 2.25. The van der Waals surface area contributed by atoms with Crippen LogP contribution in [0.15, 0.2) is 30.6 Å². The molecule has 2 aromatic rings. The fourth-order valence-electron chi connectivity index (χ4n) is 2.42. The van der Waals surface area contributed by atoms with E-state index in [4.69, 9.17) is 0 Å². The van der Waals surface area contributed by atoms with Gasteiger partial charge in [-0.3, -0.25) is 4.79 Å². The molecule has 0 unspecified atom stereocenters. The van der Waals surface area contributed by atoms with Crippen molar-refractivity contribution in [2.75, 3.05) is 5.32 Å². The van der Waals surface area contributed by atoms with E-state index in [0.717, 1.165) is 18.5 Å². The van der Waals surface area contributed by atoms with Crippen LogP contribution in [-0.4, -0.2) is 21.9 Å². The van der Waals surface area contributed by atoms with Gasteiger partial charge in [-0.05, 0) is 37.8 Å². The largest absolute Gasteiger partial charge is 0.349 e. The Balaban J connectivity index is 2.29. The number of aromatic nitrogens is 2. The number of carbonyl (C=O) groups excluding carboxylic acids is 1. The number of benzene rings is 1. The summed E-state index contributed by atoms with van der Waals surface area (Å²) in [5, 5.41) is 6.20. The number of anilines is 2. The second-order valence-electron chi connectivity index (χ2n) is 5.70. The predicted molar refractivity (Wildman–Crippen MR) is 93.1 cm³/mol. The minimum Gasteiger partial charge on any atom is -0.349 e. The van der Waals surface area contributed by atoms with Crippen LogP contribution in [0, 0.1) is 0 Å². The Morgan fingerprint density at radius 3 is 2.35 bits per heavy atom. The average molecular weight is 312 g/mol. The third kappa shape index (κ3) is 4.28. The Morgan fingerprint density at radius 2 is 1.78 bits per heavy atom. The summed E-state index contributed by atoms with van der Waals surface area (Å²) in [5.74, 6) is 0.439. The van der Waals surface area contributed by atoms with Crippen molar-refractivity contribution in [2.45, 2.75) is 46.6 Å². The van der Waals surface area contributed by atoms with Crippen molar-refractivity contribution < 1.29 is 4.79 Å². The molecule has 2 N–H and O–H groups in total. The predicted octanol–water partition coefficient (Wildman–Crippen LogP) is 3.48. The fraction of sp³-hybridized carbons (Fsp3) is 0.389. The number of para-hydroxylation sites is 1. The van der Waals surface area contributed by atoms with Gasteiger partial charge in [-0.2, -0.15) is 0 Å². The third-order valence-electron chi connectivity index (χ3n) is 3.57. The van der Waals surface area contributed by atoms with Crippen molar-refractivity contribution in [3.63, 3.8) is 0 Å². The van der Waals surface area contributed by atoms with Crippen LogP contribution in [0.2, 0.25) is 0 Å². The molecule has 0 spiro atoms. The molecule has 1 aromatic heterocycles. The van der Waals surface area contributed by atoms with Gasteiger partial charge in [0.05, 0.1) is 0 Å². The van der Waals surface area contributed by atoms with Crippen LogP contribution in [0.1, 0.15) is 49.3 Å². The molecule has 1 aromatic carbocycles. The molecule has 23 heavy (non-hydrogen) atoms. The van der Waals surface area contributed by atoms with Crippen molar-refractivity contribution in [2.24, 2.45) is 0 Å². The van der Waals surface area contributed by atoms with Crippen molar-refractivity contribution in [1.29, 1.82) is 0 Å². The van der Waals surface area contributed by atoms with Crippen LogP contribution in [0.3, 0.4) is 0 Å². The maximum absolute atomic E-state index is 12.1. The van der Waals surface area contributed by atoms with E-state index < -0.39 is 0 Å². The van der Waals surface area contributed by atoms with E-state index >= 15 is 0 Å². The maximum atomic E-state index is 12.1. The highest BCUT2D eigenvalue weighted by molar-refractivity contribution is 5.93. The van der Waals surface area contributed by atoms with Gasteiger partial charge in [0.25, 0.3) is 5.91 Å². The molecule has 0 radical (unpaired) electrons. The highest BCUT2D eigenvalue weighted by atomic mass is 16.1. The van der Waals surface area contributed by atoms with E-state index in [1.807, 2.05) is 13.8 Å². The molecule has 5 nitrogen and oxygen atoms in total. The molecule has 0 saturated carbocycles. The summed E-state index contributed by atoms with van der Waals surface area (Å²) in [7, 11) is 0. The minimum absolute atomic E-state index is 0.0707. The van der Waals surface area contributed by atoms with Crippen LogP contribution in [0.5, 0.6) is 0 Å². The van der Waals surface area contributed by atoms with Gasteiger partial charge in [0.1, 0.15) is 17.8 Å². The van der Waals surface area contributed by atoms with Crippen molar-refractivity contribution >= 4 is 17.4 Å². The molecule has 0 fully saturated rings. The fourth-order valence-corrected chi connectivity index (χ4v) is 2.42. The zero-order valence-electron chi connectivity index (χ0n) is 14.2. The molecule has 122 valence electrons. The second kappa shape index (κ2) is 7.72. The number of nitrogens with one attached hydrogen (secondary N) is 2. The first-order valence-electron chi connectivity index (χ1n) is 8.05. The van der Waals surface area contributed by atoms with Crippen molar-refractivity contribution in [3.8, 4) is 0 Å². The summed E-state index contributed by atoms with van der Waals surface area (Å²) in [5.41, 5.74) is 3.90. The number of hydrogen-bond acceptors (Lipinski definition) is 4. The van der Waals surface area contributed by atoms with Crippen LogP contribution in [0.4, 0.5) is 11.5 Å². The first kappa shape index (κ1) is 16.9. The Labute approximate surface area is 137 Å². The van der Waals surface area contributed by atoms with Gasteiger partial charge in [0.15, 0.2) is 0 Å². The van der Waals surface area contributed by atoms with E-state index in [1.54, 1.807) is 6.07 Å². The SMILES string of the molecule is CCc1cccc(CC)c1Nc1cc(C(=O)NC(C)C)ncn1. The zero-order chi connectivity index (χ0) is 16.8. The van der Waals surface area contributed by atoms with E-state index in [2.05, 4.69) is 52.6 Å². The first-order valence-corrected chi connectivity index (χ1v) is 8.05. The summed E-state index contributed by atoms with van der Waals surface area (Å²) in [6, 6.07) is 8.04. The molecular formula is C18H24N4O. The lowest BCUT2D eigenvalue weighted by atomic mass is 10.0. The summed E-state index contributed by atoms with van der Waals surface area (Å²) in [4.78, 5) is 20.4. The number of carbonyl (C=O) groups is 1. The van der Waals surface area contributed by atoms with Gasteiger partial charge in [0, 0.05) is 17.8 Å². The molecule has 0 aliphatic rings. The maximum Gasteiger partial charge on any atom is 0.270 e. The lowest BCUT2D eigenvalue weighted by Gasteiger charge is -2.15. The van der Waals surface area contributed by atoms with Crippen LogP contribution >= 0.6 is 0 Å². The summed E-state index contributed by atoms with van der Waals surface area (Å²) in [6.45, 7) is 8.09. The normalized spacial score (nSPS) is 10.7. The standard InChI is InChI=1S/C18H24N4O/c1-5-13-8-7-9-14(6-2)17(13)22-16-10-15(19-11-20-16)18(23)21-12(3)4/h7-12H,5-6H2,1-4H3,(H,21,23)(H,19,20,22). The van der Waals surface area contributed by atoms with E-state index in [1.165, 1.54) is 17.5 Å². The lowest BCUT2D eigenvalue weighted by Crippen LogP contribution is -2.30. The number of aryl methyl sites for hydroxylation is 2. The van der Waals surface area contributed by atoms with Crippen molar-refractivity contribution in [3.05, 3.63) is 47.4 Å². The first-order chi connectivity index (χ1) is 11.0. The van der Waals surface area contributed by atoms with E-state index in [0.29, 0.717) is 11.5 Å². The third-order valence-corrected chi connectivity index (χ3v) is 3.57. The van der Waals surface area contributed by atoms with Crippen LogP contribution in [0.25, 0.3) is 0 Å². The topological polar surface area (TPSA) is 66.9 Å². The van der Waals surface area contributed by atoms with E-state index in [9.17, 15) is 4.79 Å². The smallest absolute Gasteiger partial charge is 0.270 e. The Bertz CT molecular complexity index is 660. The van der Waals surface area contributed by atoms with Gasteiger partial charge < -0.3 is 10.6 Å². The average Bonchev–Trinajstić information content (AvgIpc) is 2.54. The molecule has 5 heteroatoms. The van der Waals surface area contributed by atoms with Gasteiger partial charge >= 0.3 is 0 Å². The number of hydrogen-bond donors (Lipinski definition) is 2. The molecule has 0 bridgehead atoms. The Morgan fingerprint density at radius 1 is 1.13 bits per heavy atom. The molecular weight excluding hydrogens is 288 g/mol. The Hall–Kier alpha value is -2.43. The second-order valence-corrected chi connectivity index (χ2v) is 5.70. The molecule has 0 aliphatic heterocycles. The quantitative estimate of drug-likeness (QED) is 0.857. The summed E-state index contributed by atoms with van der Waals surface area (Å²) in [6.07, 6.45) is 3.28. The number of amides is 1. The molecule has 0 atom stereocenters. The van der Waals surface area contributed by atoms with Gasteiger partial charge in [-0.1, -0.05) is 32.0 Å². The van der Waals surface area contributed by atoms with Crippen LogP contribution in [-0.2, 0) is 12.8 Å². The molecule has 2 rings (SSSR count). The Kier molecular flexibility index (Phi) is 5.68. The lowest BCUT2D eigenvalue weighted by molar-refractivity contribution is 0.0938. The zero-order valence-corrected chi connectivity index (χ0v) is 14.2. The summed E-state index contributed by atoms with van der Waals surface area (Å²) < 4.78 is 0. The number of rotatable bonds is 6. The van der Waals surface area contributed by atoms with Crippen molar-refractivity contribution in [1.82, 2.24) is 15.3 Å². The number of nitrogens with zero attached hydrogens (tertiary/aromatic N) is 2. The molecule has 0 aliphatic carbocycles. The molecule has 1 heterocycles. The van der Waals surface area contributed by atoms with Gasteiger partial charge in [0.2, 0.25) is 0 Å². The minimum atomic E-state index is -0.190. The van der Waals surface area contributed by atoms with Crippen LogP contribution < -0.4 is 10.6 Å². The summed E-state index contributed by atoms with van der Waals surface area (Å²) >= 11 is 0. The molecule has 1 amide bonds. The monoisotopic (exact) mass is 312 g/mol. The van der Waals surface area contributed by atoms with E-state index in [-0.39, 0.29) is 11.9 Å². The highest BCUT2D eigenvalue weighted by Gasteiger charge is 2.12.